The molecular formula is C12H13N. The summed E-state index contributed by atoms with van der Waals surface area (Å²) in [5, 5.41) is 0. The number of aliphatic imine (C=N–C) groups is 1. The molecule has 1 fully saturated rings. The number of rotatable bonds is 0. The van der Waals surface area contributed by atoms with Crippen LogP contribution in [0.25, 0.3) is 0 Å². The fourth-order valence-corrected chi connectivity index (χ4v) is 2.68. The summed E-state index contributed by atoms with van der Waals surface area (Å²) < 4.78 is 0. The fraction of sp³-hybridized carbons (Fsp3) is 0.417. The Morgan fingerprint density at radius 2 is 2.15 bits per heavy atom. The first-order valence-corrected chi connectivity index (χ1v) is 4.98. The lowest BCUT2D eigenvalue weighted by atomic mass is 9.81. The fourth-order valence-electron chi connectivity index (χ4n) is 2.68. The van der Waals surface area contributed by atoms with Crippen molar-refractivity contribution in [2.75, 3.05) is 0 Å². The van der Waals surface area contributed by atoms with Gasteiger partial charge in [-0.25, -0.2) is 0 Å². The lowest BCUT2D eigenvalue weighted by molar-refractivity contribution is 0.626. The summed E-state index contributed by atoms with van der Waals surface area (Å²) in [5.41, 5.74) is 4.35. The summed E-state index contributed by atoms with van der Waals surface area (Å²) in [5.74, 6) is 0. The number of para-hydroxylation sites is 1. The van der Waals surface area contributed by atoms with Crippen LogP contribution in [0.2, 0.25) is 0 Å². The Morgan fingerprint density at radius 3 is 3.08 bits per heavy atom. The van der Waals surface area contributed by atoms with Gasteiger partial charge in [-0.05, 0) is 30.9 Å². The molecule has 1 aliphatic heterocycles. The zero-order valence-corrected chi connectivity index (χ0v) is 7.88. The Hall–Kier alpha value is -1.11. The monoisotopic (exact) mass is 171 g/mol. The van der Waals surface area contributed by atoms with Gasteiger partial charge in [0.1, 0.15) is 0 Å². The number of nitrogens with zero attached hydrogens (tertiary/aromatic N) is 1. The Labute approximate surface area is 78.5 Å². The van der Waals surface area contributed by atoms with E-state index in [4.69, 9.17) is 4.99 Å². The van der Waals surface area contributed by atoms with Crippen LogP contribution in [0, 0.1) is 0 Å². The van der Waals surface area contributed by atoms with Crippen molar-refractivity contribution in [1.29, 1.82) is 0 Å². The average Bonchev–Trinajstić information content (AvgIpc) is 2.60. The predicted octanol–water partition coefficient (Wildman–Crippen LogP) is 3.21. The predicted molar refractivity (Wildman–Crippen MR) is 54.7 cm³/mol. The highest BCUT2D eigenvalue weighted by Gasteiger charge is 2.41. The molecule has 66 valence electrons. The maximum Gasteiger partial charge on any atom is 0.0670 e. The molecule has 0 spiro atoms. The van der Waals surface area contributed by atoms with Gasteiger partial charge >= 0.3 is 0 Å². The quantitative estimate of drug-likeness (QED) is 0.568. The highest BCUT2D eigenvalue weighted by molar-refractivity contribution is 6.02. The zero-order chi connectivity index (χ0) is 8.89. The summed E-state index contributed by atoms with van der Waals surface area (Å²) in [6, 6.07) is 8.57. The molecule has 0 aromatic heterocycles. The number of hydrogen-bond acceptors (Lipinski definition) is 1. The van der Waals surface area contributed by atoms with Gasteiger partial charge in [-0.1, -0.05) is 25.1 Å². The van der Waals surface area contributed by atoms with Gasteiger partial charge in [-0.15, -0.1) is 0 Å². The van der Waals surface area contributed by atoms with Crippen LogP contribution >= 0.6 is 0 Å². The molecule has 1 aromatic carbocycles. The van der Waals surface area contributed by atoms with Crippen molar-refractivity contribution >= 4 is 11.4 Å². The molecule has 0 amide bonds. The second-order valence-corrected chi connectivity index (χ2v) is 4.26. The van der Waals surface area contributed by atoms with E-state index in [-0.39, 0.29) is 5.41 Å². The summed E-state index contributed by atoms with van der Waals surface area (Å²) in [6.07, 6.45) is 3.79. The topological polar surface area (TPSA) is 12.4 Å². The standard InChI is InChI=1S/C12H13N/c1-12-8-4-7-11(12)13-10-6-3-2-5-9(10)12/h2-3,5-6H,4,7-8H2,1H3/t12-/m1/s1. The Balaban J connectivity index is 2.25. The SMILES string of the molecule is C[C@]12CCCC1=Nc1ccccc12. The smallest absolute Gasteiger partial charge is 0.0670 e. The Morgan fingerprint density at radius 1 is 1.31 bits per heavy atom. The normalized spacial score (nSPS) is 29.8. The molecule has 1 aromatic rings. The molecule has 1 saturated carbocycles. The maximum atomic E-state index is 4.70. The van der Waals surface area contributed by atoms with Gasteiger partial charge in [0.25, 0.3) is 0 Å². The number of fused-ring (bicyclic) bond motifs is 3. The van der Waals surface area contributed by atoms with Gasteiger partial charge in [-0.3, -0.25) is 4.99 Å². The molecule has 3 rings (SSSR count). The Kier molecular flexibility index (Phi) is 1.25. The van der Waals surface area contributed by atoms with E-state index in [0.29, 0.717) is 0 Å². The van der Waals surface area contributed by atoms with E-state index in [2.05, 4.69) is 31.2 Å². The van der Waals surface area contributed by atoms with Crippen LogP contribution in [-0.4, -0.2) is 5.71 Å². The minimum absolute atomic E-state index is 0.288. The molecule has 2 aliphatic rings. The molecule has 0 saturated heterocycles. The van der Waals surface area contributed by atoms with E-state index in [1.54, 1.807) is 0 Å². The molecule has 0 bridgehead atoms. The van der Waals surface area contributed by atoms with Gasteiger partial charge in [0, 0.05) is 11.1 Å². The summed E-state index contributed by atoms with van der Waals surface area (Å²) >= 11 is 0. The zero-order valence-electron chi connectivity index (χ0n) is 7.88. The van der Waals surface area contributed by atoms with Crippen LogP contribution in [0.5, 0.6) is 0 Å². The van der Waals surface area contributed by atoms with E-state index in [1.807, 2.05) is 0 Å². The summed E-state index contributed by atoms with van der Waals surface area (Å²) in [7, 11) is 0. The molecule has 13 heavy (non-hydrogen) atoms. The lowest BCUT2D eigenvalue weighted by Gasteiger charge is -2.20. The van der Waals surface area contributed by atoms with Crippen molar-refractivity contribution in [1.82, 2.24) is 0 Å². The third-order valence-corrected chi connectivity index (χ3v) is 3.48. The molecule has 0 radical (unpaired) electrons. The molecular weight excluding hydrogens is 158 g/mol. The van der Waals surface area contributed by atoms with E-state index in [9.17, 15) is 0 Å². The summed E-state index contributed by atoms with van der Waals surface area (Å²) in [4.78, 5) is 4.70. The first kappa shape index (κ1) is 7.31. The van der Waals surface area contributed by atoms with Crippen LogP contribution in [0.1, 0.15) is 31.7 Å². The van der Waals surface area contributed by atoms with Gasteiger partial charge < -0.3 is 0 Å². The molecule has 1 nitrogen and oxygen atoms in total. The van der Waals surface area contributed by atoms with Crippen LogP contribution in [0.4, 0.5) is 5.69 Å². The minimum Gasteiger partial charge on any atom is -0.257 e. The van der Waals surface area contributed by atoms with Crippen molar-refractivity contribution in [3.8, 4) is 0 Å². The molecule has 1 atom stereocenters. The first-order chi connectivity index (χ1) is 6.31. The highest BCUT2D eigenvalue weighted by atomic mass is 14.8. The van der Waals surface area contributed by atoms with Crippen molar-refractivity contribution in [2.45, 2.75) is 31.6 Å². The average molecular weight is 171 g/mol. The maximum absolute atomic E-state index is 4.70. The lowest BCUT2D eigenvalue weighted by Crippen LogP contribution is -2.22. The van der Waals surface area contributed by atoms with E-state index in [1.165, 1.54) is 36.2 Å². The van der Waals surface area contributed by atoms with Crippen molar-refractivity contribution in [3.05, 3.63) is 29.8 Å². The number of hydrogen-bond donors (Lipinski definition) is 0. The van der Waals surface area contributed by atoms with E-state index in [0.717, 1.165) is 0 Å². The third kappa shape index (κ3) is 0.796. The largest absolute Gasteiger partial charge is 0.257 e. The third-order valence-electron chi connectivity index (χ3n) is 3.48. The van der Waals surface area contributed by atoms with Gasteiger partial charge in [-0.2, -0.15) is 0 Å². The van der Waals surface area contributed by atoms with Crippen LogP contribution < -0.4 is 0 Å². The van der Waals surface area contributed by atoms with E-state index >= 15 is 0 Å². The molecule has 0 unspecified atom stereocenters. The van der Waals surface area contributed by atoms with Crippen molar-refractivity contribution in [2.24, 2.45) is 4.99 Å². The van der Waals surface area contributed by atoms with Crippen LogP contribution in [0.15, 0.2) is 29.3 Å². The van der Waals surface area contributed by atoms with Crippen LogP contribution in [0.3, 0.4) is 0 Å². The second kappa shape index (κ2) is 2.22. The number of benzene rings is 1. The Bertz CT molecular complexity index is 392. The van der Waals surface area contributed by atoms with E-state index < -0.39 is 0 Å². The van der Waals surface area contributed by atoms with Crippen LogP contribution in [-0.2, 0) is 5.41 Å². The first-order valence-electron chi connectivity index (χ1n) is 4.98. The van der Waals surface area contributed by atoms with Gasteiger partial charge in [0.05, 0.1) is 5.69 Å². The van der Waals surface area contributed by atoms with Gasteiger partial charge in [0.15, 0.2) is 0 Å². The second-order valence-electron chi connectivity index (χ2n) is 4.26. The molecule has 1 aliphatic carbocycles. The van der Waals surface area contributed by atoms with Crippen molar-refractivity contribution in [3.63, 3.8) is 0 Å². The minimum atomic E-state index is 0.288. The highest BCUT2D eigenvalue weighted by Crippen LogP contribution is 2.47. The van der Waals surface area contributed by atoms with Crippen molar-refractivity contribution < 1.29 is 0 Å². The summed E-state index contributed by atoms with van der Waals surface area (Å²) in [6.45, 7) is 2.34. The van der Waals surface area contributed by atoms with Gasteiger partial charge in [0.2, 0.25) is 0 Å². The molecule has 0 N–H and O–H groups in total. The molecule has 1 heterocycles. The molecule has 1 heteroatoms.